The van der Waals surface area contributed by atoms with Crippen molar-refractivity contribution in [3.8, 4) is 5.75 Å². The van der Waals surface area contributed by atoms with Gasteiger partial charge in [-0.3, -0.25) is 15.3 Å². The lowest BCUT2D eigenvalue weighted by atomic mass is 9.94. The molecule has 0 radical (unpaired) electrons. The molecule has 3 aromatic rings. The van der Waals surface area contributed by atoms with Crippen LogP contribution in [0.2, 0.25) is 0 Å². The van der Waals surface area contributed by atoms with Crippen LogP contribution in [-0.4, -0.2) is 15.8 Å². The molecule has 1 aliphatic rings. The smallest absolute Gasteiger partial charge is 0.126 e. The van der Waals surface area contributed by atoms with Gasteiger partial charge in [-0.2, -0.15) is 0 Å². The number of nitrogens with zero attached hydrogens (tertiary/aromatic N) is 2. The molecule has 0 bridgehead atoms. The van der Waals surface area contributed by atoms with Crippen LogP contribution in [0.4, 0.5) is 4.39 Å². The van der Waals surface area contributed by atoms with Crippen LogP contribution in [0.5, 0.6) is 5.75 Å². The molecule has 26 heavy (non-hydrogen) atoms. The summed E-state index contributed by atoms with van der Waals surface area (Å²) in [6.07, 6.45) is 3.86. The minimum atomic E-state index is -0.329. The van der Waals surface area contributed by atoms with Crippen molar-refractivity contribution in [3.05, 3.63) is 95.6 Å². The minimum absolute atomic E-state index is 0.00846. The van der Waals surface area contributed by atoms with Gasteiger partial charge in [-0.05, 0) is 41.5 Å². The van der Waals surface area contributed by atoms with E-state index in [1.807, 2.05) is 30.5 Å². The van der Waals surface area contributed by atoms with Gasteiger partial charge in [0.1, 0.15) is 17.7 Å². The summed E-state index contributed by atoms with van der Waals surface area (Å²) in [5.74, 6) is -0.0748. The Hall–Kier alpha value is -3.05. The quantitative estimate of drug-likeness (QED) is 0.748. The SMILES string of the molecule is Oc1ccccc1C1=N[C@@H](c2ccc(F)cc2)N[C@@H](c2cccnc2)C1. The van der Waals surface area contributed by atoms with Crippen molar-refractivity contribution < 1.29 is 9.50 Å². The van der Waals surface area contributed by atoms with Crippen LogP contribution in [0.1, 0.15) is 35.3 Å². The van der Waals surface area contributed by atoms with Crippen molar-refractivity contribution in [3.63, 3.8) is 0 Å². The molecule has 1 aromatic heterocycles. The number of phenols is 1. The molecule has 0 fully saturated rings. The summed E-state index contributed by atoms with van der Waals surface area (Å²) in [4.78, 5) is 9.00. The normalized spacial score (nSPS) is 19.8. The molecule has 1 aliphatic heterocycles. The van der Waals surface area contributed by atoms with Gasteiger partial charge in [0.05, 0.1) is 5.71 Å². The number of hydrogen-bond acceptors (Lipinski definition) is 4. The summed E-state index contributed by atoms with van der Waals surface area (Å²) in [5, 5.41) is 13.7. The summed E-state index contributed by atoms with van der Waals surface area (Å²) in [7, 11) is 0. The van der Waals surface area contributed by atoms with E-state index in [1.54, 1.807) is 30.5 Å². The molecule has 4 nitrogen and oxygen atoms in total. The molecule has 0 saturated carbocycles. The standard InChI is InChI=1S/C21H18FN3O/c22-16-9-7-14(8-10-16)21-24-18(15-4-3-11-23-13-15)12-19(25-21)17-5-1-2-6-20(17)26/h1-11,13,18,21,24,26H,12H2/t18-,21+/m1/s1. The molecule has 2 N–H and O–H groups in total. The zero-order valence-corrected chi connectivity index (χ0v) is 14.0. The van der Waals surface area contributed by atoms with E-state index in [9.17, 15) is 9.50 Å². The van der Waals surface area contributed by atoms with Crippen molar-refractivity contribution in [2.75, 3.05) is 0 Å². The Kier molecular flexibility index (Phi) is 4.46. The summed E-state index contributed by atoms with van der Waals surface area (Å²) in [6, 6.07) is 17.4. The highest BCUT2D eigenvalue weighted by Crippen LogP contribution is 2.32. The first kappa shape index (κ1) is 16.4. The molecule has 130 valence electrons. The van der Waals surface area contributed by atoms with Crippen molar-refractivity contribution in [2.24, 2.45) is 4.99 Å². The highest BCUT2D eigenvalue weighted by Gasteiger charge is 2.27. The Balaban J connectivity index is 1.75. The van der Waals surface area contributed by atoms with Gasteiger partial charge >= 0.3 is 0 Å². The first-order valence-electron chi connectivity index (χ1n) is 8.47. The molecule has 0 amide bonds. The number of hydrogen-bond donors (Lipinski definition) is 2. The Morgan fingerprint density at radius 1 is 0.962 bits per heavy atom. The first-order valence-corrected chi connectivity index (χ1v) is 8.47. The van der Waals surface area contributed by atoms with Gasteiger partial charge in [-0.15, -0.1) is 0 Å². The molecule has 0 aliphatic carbocycles. The number of aromatic nitrogens is 1. The van der Waals surface area contributed by atoms with E-state index in [0.29, 0.717) is 6.42 Å². The predicted octanol–water partition coefficient (Wildman–Crippen LogP) is 4.15. The first-order chi connectivity index (χ1) is 12.7. The van der Waals surface area contributed by atoms with Crippen LogP contribution in [0, 0.1) is 5.82 Å². The summed E-state index contributed by atoms with van der Waals surface area (Å²) >= 11 is 0. The van der Waals surface area contributed by atoms with Crippen LogP contribution >= 0.6 is 0 Å². The fourth-order valence-electron chi connectivity index (χ4n) is 3.20. The zero-order valence-electron chi connectivity index (χ0n) is 14.0. The monoisotopic (exact) mass is 347 g/mol. The van der Waals surface area contributed by atoms with Crippen LogP contribution < -0.4 is 5.32 Å². The van der Waals surface area contributed by atoms with Crippen molar-refractivity contribution in [1.29, 1.82) is 0 Å². The maximum Gasteiger partial charge on any atom is 0.126 e. The number of phenolic OH excluding ortho intramolecular Hbond substituents is 1. The number of para-hydroxylation sites is 1. The van der Waals surface area contributed by atoms with Crippen molar-refractivity contribution in [1.82, 2.24) is 10.3 Å². The molecule has 2 heterocycles. The van der Waals surface area contributed by atoms with Crippen molar-refractivity contribution in [2.45, 2.75) is 18.6 Å². The van der Waals surface area contributed by atoms with Crippen LogP contribution in [0.25, 0.3) is 0 Å². The number of nitrogens with one attached hydrogen (secondary N) is 1. The lowest BCUT2D eigenvalue weighted by molar-refractivity contribution is 0.438. The molecule has 4 rings (SSSR count). The van der Waals surface area contributed by atoms with E-state index in [1.165, 1.54) is 12.1 Å². The third-order valence-electron chi connectivity index (χ3n) is 4.53. The Morgan fingerprint density at radius 3 is 2.50 bits per heavy atom. The maximum atomic E-state index is 13.3. The number of benzene rings is 2. The summed E-state index contributed by atoms with van der Waals surface area (Å²) < 4.78 is 13.3. The molecular formula is C21H18FN3O. The van der Waals surface area contributed by atoms with E-state index in [4.69, 9.17) is 4.99 Å². The van der Waals surface area contributed by atoms with Crippen LogP contribution in [-0.2, 0) is 0 Å². The van der Waals surface area contributed by atoms with E-state index in [0.717, 1.165) is 22.4 Å². The van der Waals surface area contributed by atoms with Gasteiger partial charge in [0, 0.05) is 30.4 Å². The fraction of sp³-hybridized carbons (Fsp3) is 0.143. The average Bonchev–Trinajstić information content (AvgIpc) is 2.69. The Morgan fingerprint density at radius 2 is 1.77 bits per heavy atom. The average molecular weight is 347 g/mol. The van der Waals surface area contributed by atoms with E-state index in [2.05, 4.69) is 10.3 Å². The van der Waals surface area contributed by atoms with Crippen LogP contribution in [0.15, 0.2) is 78.0 Å². The van der Waals surface area contributed by atoms with Gasteiger partial charge in [0.25, 0.3) is 0 Å². The third-order valence-corrected chi connectivity index (χ3v) is 4.53. The summed E-state index contributed by atoms with van der Waals surface area (Å²) in [5.41, 5.74) is 3.44. The highest BCUT2D eigenvalue weighted by molar-refractivity contribution is 6.03. The number of pyridine rings is 1. The van der Waals surface area contributed by atoms with Gasteiger partial charge < -0.3 is 5.11 Å². The van der Waals surface area contributed by atoms with Gasteiger partial charge in [0.15, 0.2) is 0 Å². The molecule has 0 saturated heterocycles. The topological polar surface area (TPSA) is 57.5 Å². The van der Waals surface area contributed by atoms with Gasteiger partial charge in [0.2, 0.25) is 0 Å². The Labute approximate surface area is 151 Å². The van der Waals surface area contributed by atoms with Crippen molar-refractivity contribution >= 4 is 5.71 Å². The molecule has 0 spiro atoms. The number of halogens is 1. The minimum Gasteiger partial charge on any atom is -0.507 e. The molecule has 2 atom stereocenters. The lowest BCUT2D eigenvalue weighted by Crippen LogP contribution is -2.33. The van der Waals surface area contributed by atoms with Crippen LogP contribution in [0.3, 0.4) is 0 Å². The van der Waals surface area contributed by atoms with Gasteiger partial charge in [-0.1, -0.05) is 30.3 Å². The molecule has 2 aromatic carbocycles. The van der Waals surface area contributed by atoms with E-state index < -0.39 is 0 Å². The molecular weight excluding hydrogens is 329 g/mol. The maximum absolute atomic E-state index is 13.3. The molecule has 5 heteroatoms. The van der Waals surface area contributed by atoms with E-state index in [-0.39, 0.29) is 23.8 Å². The fourth-order valence-corrected chi connectivity index (χ4v) is 3.20. The second kappa shape index (κ2) is 7.06. The second-order valence-corrected chi connectivity index (χ2v) is 6.26. The number of aromatic hydroxyl groups is 1. The zero-order chi connectivity index (χ0) is 17.9. The number of rotatable bonds is 3. The summed E-state index contributed by atoms with van der Waals surface area (Å²) in [6.45, 7) is 0. The predicted molar refractivity (Wildman–Crippen MR) is 98.5 cm³/mol. The largest absolute Gasteiger partial charge is 0.507 e. The lowest BCUT2D eigenvalue weighted by Gasteiger charge is -2.30. The van der Waals surface area contributed by atoms with Gasteiger partial charge in [-0.25, -0.2) is 4.39 Å². The Bertz CT molecular complexity index is 926. The molecule has 0 unspecified atom stereocenters. The second-order valence-electron chi connectivity index (χ2n) is 6.26. The third kappa shape index (κ3) is 3.34. The highest BCUT2D eigenvalue weighted by atomic mass is 19.1. The number of aliphatic imine (C=N–C) groups is 1. The van der Waals surface area contributed by atoms with E-state index >= 15 is 0 Å².